The van der Waals surface area contributed by atoms with Crippen molar-refractivity contribution < 1.29 is 18.8 Å². The van der Waals surface area contributed by atoms with E-state index >= 15 is 0 Å². The van der Waals surface area contributed by atoms with Crippen LogP contribution in [0.1, 0.15) is 47.7 Å². The average molecular weight is 489 g/mol. The van der Waals surface area contributed by atoms with E-state index in [0.29, 0.717) is 18.3 Å². The van der Waals surface area contributed by atoms with E-state index in [0.717, 1.165) is 50.5 Å². The van der Waals surface area contributed by atoms with Gasteiger partial charge >= 0.3 is 0 Å². The third kappa shape index (κ3) is 4.18. The van der Waals surface area contributed by atoms with E-state index in [1.807, 2.05) is 12.1 Å². The molecule has 2 aromatic carbocycles. The predicted molar refractivity (Wildman–Crippen MR) is 133 cm³/mol. The Bertz CT molecular complexity index is 1300. The fourth-order valence-corrected chi connectivity index (χ4v) is 5.54. The second-order valence-corrected chi connectivity index (χ2v) is 10.5. The molecular weight excluding hydrogens is 456 g/mol. The molecule has 1 saturated carbocycles. The topological polar surface area (TPSA) is 89.7 Å². The molecule has 0 radical (unpaired) electrons. The lowest BCUT2D eigenvalue weighted by Gasteiger charge is -2.49. The molecule has 3 aliphatic rings. The highest BCUT2D eigenvalue weighted by Gasteiger charge is 2.47. The van der Waals surface area contributed by atoms with Gasteiger partial charge in [-0.3, -0.25) is 9.69 Å². The number of aryl methyl sites for hydroxylation is 1. The zero-order chi connectivity index (χ0) is 24.9. The second-order valence-electron chi connectivity index (χ2n) is 10.5. The van der Waals surface area contributed by atoms with E-state index in [2.05, 4.69) is 51.5 Å². The molecule has 0 unspecified atom stereocenters. The summed E-state index contributed by atoms with van der Waals surface area (Å²) in [6.07, 6.45) is 1.72. The van der Waals surface area contributed by atoms with Crippen LogP contribution in [0.4, 0.5) is 0 Å². The van der Waals surface area contributed by atoms with Crippen molar-refractivity contribution in [1.29, 1.82) is 0 Å². The number of aromatic nitrogens is 2. The van der Waals surface area contributed by atoms with Crippen molar-refractivity contribution in [1.82, 2.24) is 20.4 Å². The minimum atomic E-state index is -0.0979. The molecule has 1 amide bonds. The summed E-state index contributed by atoms with van der Waals surface area (Å²) in [5.41, 5.74) is 6.32. The molecule has 2 fully saturated rings. The first-order chi connectivity index (χ1) is 17.4. The maximum Gasteiger partial charge on any atom is 0.230 e. The summed E-state index contributed by atoms with van der Waals surface area (Å²) in [6.45, 7) is 7.96. The predicted octanol–water partition coefficient (Wildman–Crippen LogP) is 3.62. The van der Waals surface area contributed by atoms with Crippen LogP contribution in [0, 0.1) is 12.8 Å². The number of carbonyl (C=O) groups is 1. The van der Waals surface area contributed by atoms with Gasteiger partial charge in [-0.05, 0) is 66.6 Å². The minimum Gasteiger partial charge on any atom is -0.497 e. The third-order valence-electron chi connectivity index (χ3n) is 7.92. The van der Waals surface area contributed by atoms with E-state index in [9.17, 15) is 4.79 Å². The number of ether oxygens (including phenoxy) is 2. The Balaban J connectivity index is 1.25. The monoisotopic (exact) mass is 488 g/mol. The van der Waals surface area contributed by atoms with Crippen LogP contribution in [0.2, 0.25) is 0 Å². The highest BCUT2D eigenvalue weighted by Crippen LogP contribution is 2.47. The zero-order valence-corrected chi connectivity index (χ0v) is 21.0. The van der Waals surface area contributed by atoms with Crippen molar-refractivity contribution >= 4 is 5.91 Å². The van der Waals surface area contributed by atoms with Crippen LogP contribution in [0.5, 0.6) is 5.75 Å². The summed E-state index contributed by atoms with van der Waals surface area (Å²) in [4.78, 5) is 19.8. The Morgan fingerprint density at radius 3 is 2.83 bits per heavy atom. The van der Waals surface area contributed by atoms with Gasteiger partial charge in [-0.2, -0.15) is 4.98 Å². The molecule has 1 aliphatic carbocycles. The summed E-state index contributed by atoms with van der Waals surface area (Å²) in [6, 6.07) is 12.6. The van der Waals surface area contributed by atoms with Crippen LogP contribution < -0.4 is 10.1 Å². The number of amides is 1. The van der Waals surface area contributed by atoms with E-state index in [4.69, 9.17) is 14.0 Å². The Morgan fingerprint density at radius 2 is 2.11 bits per heavy atom. The van der Waals surface area contributed by atoms with Crippen LogP contribution in [0.25, 0.3) is 11.1 Å². The lowest BCUT2D eigenvalue weighted by atomic mass is 9.85. The molecule has 0 bridgehead atoms. The van der Waals surface area contributed by atoms with Gasteiger partial charge in [0.1, 0.15) is 5.75 Å². The number of nitrogens with zero attached hydrogens (tertiary/aromatic N) is 3. The highest BCUT2D eigenvalue weighted by molar-refractivity contribution is 5.82. The summed E-state index contributed by atoms with van der Waals surface area (Å²) in [7, 11) is 1.70. The quantitative estimate of drug-likeness (QED) is 0.543. The molecule has 2 atom stereocenters. The van der Waals surface area contributed by atoms with Crippen LogP contribution >= 0.6 is 0 Å². The van der Waals surface area contributed by atoms with E-state index in [1.54, 1.807) is 14.0 Å². The number of benzene rings is 2. The lowest BCUT2D eigenvalue weighted by Crippen LogP contribution is -2.61. The Hall–Kier alpha value is -3.23. The van der Waals surface area contributed by atoms with Gasteiger partial charge in [-0.1, -0.05) is 29.4 Å². The normalized spacial score (nSPS) is 22.4. The van der Waals surface area contributed by atoms with E-state index < -0.39 is 0 Å². The number of carbonyl (C=O) groups excluding carboxylic acids is 1. The van der Waals surface area contributed by atoms with Crippen molar-refractivity contribution in [2.24, 2.45) is 5.92 Å². The van der Waals surface area contributed by atoms with Crippen molar-refractivity contribution in [3.63, 3.8) is 0 Å². The van der Waals surface area contributed by atoms with Gasteiger partial charge in [0, 0.05) is 19.6 Å². The fourth-order valence-electron chi connectivity index (χ4n) is 5.54. The largest absolute Gasteiger partial charge is 0.497 e. The second kappa shape index (κ2) is 9.01. The van der Waals surface area contributed by atoms with Gasteiger partial charge in [0.05, 0.1) is 37.7 Å². The molecule has 188 valence electrons. The minimum absolute atomic E-state index is 0.0320. The molecule has 3 heterocycles. The third-order valence-corrected chi connectivity index (χ3v) is 7.92. The smallest absolute Gasteiger partial charge is 0.230 e. The number of fused-ring (bicyclic) bond motifs is 1. The summed E-state index contributed by atoms with van der Waals surface area (Å²) < 4.78 is 16.3. The van der Waals surface area contributed by atoms with Gasteiger partial charge in [0.25, 0.3) is 0 Å². The number of methoxy groups -OCH3 is 1. The van der Waals surface area contributed by atoms with Crippen LogP contribution in [0.15, 0.2) is 40.9 Å². The molecule has 36 heavy (non-hydrogen) atoms. The van der Waals surface area contributed by atoms with E-state index in [1.165, 1.54) is 22.3 Å². The Labute approximate surface area is 211 Å². The van der Waals surface area contributed by atoms with E-state index in [-0.39, 0.29) is 23.3 Å². The Kier molecular flexibility index (Phi) is 5.80. The number of rotatable bonds is 7. The van der Waals surface area contributed by atoms with Crippen molar-refractivity contribution in [2.75, 3.05) is 26.9 Å². The van der Waals surface area contributed by atoms with Crippen LogP contribution in [-0.2, 0) is 29.0 Å². The van der Waals surface area contributed by atoms with Crippen molar-refractivity contribution in [2.45, 2.75) is 51.2 Å². The SMILES string of the molecule is COc1cccc(-c2ccc(CNC(=O)[C@@H]3C[C@H]3c3nc(C)no3)c3c2CCN(C2(C)COC2)C3)c1. The zero-order valence-electron chi connectivity index (χ0n) is 21.0. The molecule has 6 rings (SSSR count). The summed E-state index contributed by atoms with van der Waals surface area (Å²) in [5, 5.41) is 7.04. The van der Waals surface area contributed by atoms with Crippen molar-refractivity contribution in [3.05, 3.63) is 64.8 Å². The molecule has 8 heteroatoms. The number of hydrogen-bond acceptors (Lipinski definition) is 7. The molecule has 1 aromatic heterocycles. The van der Waals surface area contributed by atoms with Gasteiger partial charge in [0.15, 0.2) is 5.82 Å². The molecule has 0 spiro atoms. The summed E-state index contributed by atoms with van der Waals surface area (Å²) in [5.74, 6) is 2.01. The lowest BCUT2D eigenvalue weighted by molar-refractivity contribution is -0.135. The first-order valence-corrected chi connectivity index (χ1v) is 12.6. The molecule has 1 saturated heterocycles. The van der Waals surface area contributed by atoms with Gasteiger partial charge in [-0.25, -0.2) is 0 Å². The first kappa shape index (κ1) is 23.2. The van der Waals surface area contributed by atoms with Crippen LogP contribution in [-0.4, -0.2) is 53.4 Å². The maximum atomic E-state index is 12.9. The van der Waals surface area contributed by atoms with Crippen LogP contribution in [0.3, 0.4) is 0 Å². The standard InChI is InChI=1S/C28H32N4O4/c1-17-30-27(36-31-17)24-12-23(24)26(33)29-13-19-7-8-21(18-5-4-6-20(11-18)34-3)22-9-10-32(14-25(19)22)28(2)15-35-16-28/h4-8,11,23-24H,9-10,12-16H2,1-3H3,(H,29,33)/t23-,24-/m1/s1. The molecular formula is C28H32N4O4. The molecule has 1 N–H and O–H groups in total. The first-order valence-electron chi connectivity index (χ1n) is 12.6. The fraction of sp³-hybridized carbons (Fsp3) is 0.464. The molecule has 8 nitrogen and oxygen atoms in total. The molecule has 2 aliphatic heterocycles. The van der Waals surface area contributed by atoms with Gasteiger partial charge in [0.2, 0.25) is 11.8 Å². The number of hydrogen-bond donors (Lipinski definition) is 1. The average Bonchev–Trinajstić information content (AvgIpc) is 3.58. The summed E-state index contributed by atoms with van der Waals surface area (Å²) >= 11 is 0. The Morgan fingerprint density at radius 1 is 1.25 bits per heavy atom. The van der Waals surface area contributed by atoms with Gasteiger partial charge < -0.3 is 19.3 Å². The molecule has 3 aromatic rings. The van der Waals surface area contributed by atoms with Gasteiger partial charge in [-0.15, -0.1) is 0 Å². The highest BCUT2D eigenvalue weighted by atomic mass is 16.5. The number of nitrogens with one attached hydrogen (secondary N) is 1. The maximum absolute atomic E-state index is 12.9. The van der Waals surface area contributed by atoms with Crippen molar-refractivity contribution in [3.8, 4) is 16.9 Å².